The summed E-state index contributed by atoms with van der Waals surface area (Å²) in [6.07, 6.45) is 3.90. The molecule has 176 valence electrons. The third-order valence-electron chi connectivity index (χ3n) is 6.23. The SMILES string of the molecule is Cc1ccc(C(=O)Nc2ccc(C(=O)NC(C)c3ccccn3)cc2)c(N2CCC(C)CC2)n1. The van der Waals surface area contributed by atoms with Gasteiger partial charge in [0.05, 0.1) is 17.3 Å². The largest absolute Gasteiger partial charge is 0.356 e. The fourth-order valence-corrected chi connectivity index (χ4v) is 4.07. The zero-order chi connectivity index (χ0) is 24.1. The smallest absolute Gasteiger partial charge is 0.259 e. The highest BCUT2D eigenvalue weighted by Gasteiger charge is 2.23. The number of nitrogens with one attached hydrogen (secondary N) is 2. The standard InChI is InChI=1S/C27H31N5O2/c1-18-13-16-32(17-14-18)25-23(12-7-19(2)29-25)27(34)31-22-10-8-21(9-11-22)26(33)30-20(3)24-6-4-5-15-28-24/h4-12,15,18,20H,13-14,16-17H2,1-3H3,(H,30,33)(H,31,34). The summed E-state index contributed by atoms with van der Waals surface area (Å²) >= 11 is 0. The molecule has 1 fully saturated rings. The van der Waals surface area contributed by atoms with Crippen molar-refractivity contribution in [3.05, 3.63) is 83.3 Å². The first-order chi connectivity index (χ1) is 16.4. The van der Waals surface area contributed by atoms with Gasteiger partial charge >= 0.3 is 0 Å². The van der Waals surface area contributed by atoms with Gasteiger partial charge in [-0.3, -0.25) is 14.6 Å². The third kappa shape index (κ3) is 5.60. The van der Waals surface area contributed by atoms with E-state index >= 15 is 0 Å². The van der Waals surface area contributed by atoms with Crippen LogP contribution >= 0.6 is 0 Å². The number of rotatable bonds is 6. The van der Waals surface area contributed by atoms with E-state index in [-0.39, 0.29) is 17.9 Å². The second-order valence-electron chi connectivity index (χ2n) is 8.97. The van der Waals surface area contributed by atoms with Crippen molar-refractivity contribution in [2.45, 2.75) is 39.7 Å². The van der Waals surface area contributed by atoms with Gasteiger partial charge in [-0.2, -0.15) is 0 Å². The van der Waals surface area contributed by atoms with Gasteiger partial charge in [0.25, 0.3) is 11.8 Å². The molecule has 1 aromatic carbocycles. The highest BCUT2D eigenvalue weighted by molar-refractivity contribution is 6.07. The van der Waals surface area contributed by atoms with Gasteiger partial charge in [-0.1, -0.05) is 13.0 Å². The molecule has 4 rings (SSSR count). The molecule has 2 N–H and O–H groups in total. The minimum absolute atomic E-state index is 0.194. The second-order valence-corrected chi connectivity index (χ2v) is 8.97. The Kier molecular flexibility index (Phi) is 7.21. The average Bonchev–Trinajstić information content (AvgIpc) is 2.85. The molecule has 2 aromatic heterocycles. The lowest BCUT2D eigenvalue weighted by Gasteiger charge is -2.32. The number of anilines is 2. The topological polar surface area (TPSA) is 87.2 Å². The molecule has 3 heterocycles. The molecule has 0 bridgehead atoms. The zero-order valence-corrected chi connectivity index (χ0v) is 19.9. The Morgan fingerprint density at radius 1 is 1.00 bits per heavy atom. The first kappa shape index (κ1) is 23.4. The maximum absolute atomic E-state index is 13.1. The van der Waals surface area contributed by atoms with E-state index in [1.807, 2.05) is 44.2 Å². The van der Waals surface area contributed by atoms with E-state index in [4.69, 9.17) is 0 Å². The third-order valence-corrected chi connectivity index (χ3v) is 6.23. The number of aryl methyl sites for hydroxylation is 1. The molecule has 34 heavy (non-hydrogen) atoms. The van der Waals surface area contributed by atoms with Crippen LogP contribution in [0.3, 0.4) is 0 Å². The molecule has 1 atom stereocenters. The van der Waals surface area contributed by atoms with Crippen LogP contribution in [0.2, 0.25) is 0 Å². The predicted molar refractivity (Wildman–Crippen MR) is 134 cm³/mol. The lowest BCUT2D eigenvalue weighted by Crippen LogP contribution is -2.35. The van der Waals surface area contributed by atoms with Crippen LogP contribution < -0.4 is 15.5 Å². The first-order valence-corrected chi connectivity index (χ1v) is 11.8. The summed E-state index contributed by atoms with van der Waals surface area (Å²) in [6.45, 7) is 7.90. The summed E-state index contributed by atoms with van der Waals surface area (Å²) in [5, 5.41) is 5.90. The highest BCUT2D eigenvalue weighted by atomic mass is 16.2. The molecule has 7 nitrogen and oxygen atoms in total. The van der Waals surface area contributed by atoms with Gasteiger partial charge in [0.2, 0.25) is 0 Å². The summed E-state index contributed by atoms with van der Waals surface area (Å²) in [5.74, 6) is 1.03. The Labute approximate surface area is 200 Å². The van der Waals surface area contributed by atoms with Crippen LogP contribution in [-0.4, -0.2) is 34.9 Å². The summed E-state index contributed by atoms with van der Waals surface area (Å²) in [7, 11) is 0. The fraction of sp³-hybridized carbons (Fsp3) is 0.333. The summed E-state index contributed by atoms with van der Waals surface area (Å²) in [6, 6.07) is 16.0. The van der Waals surface area contributed by atoms with Crippen LogP contribution in [-0.2, 0) is 0 Å². The number of aromatic nitrogens is 2. The number of benzene rings is 1. The molecule has 1 unspecified atom stereocenters. The fourth-order valence-electron chi connectivity index (χ4n) is 4.07. The first-order valence-electron chi connectivity index (χ1n) is 11.8. The average molecular weight is 458 g/mol. The van der Waals surface area contributed by atoms with Crippen molar-refractivity contribution in [1.82, 2.24) is 15.3 Å². The van der Waals surface area contributed by atoms with Crippen molar-refractivity contribution < 1.29 is 9.59 Å². The van der Waals surface area contributed by atoms with Crippen molar-refractivity contribution >= 4 is 23.3 Å². The number of nitrogens with zero attached hydrogens (tertiary/aromatic N) is 3. The predicted octanol–water partition coefficient (Wildman–Crippen LogP) is 4.76. The highest BCUT2D eigenvalue weighted by Crippen LogP contribution is 2.26. The lowest BCUT2D eigenvalue weighted by molar-refractivity contribution is 0.0938. The molecular formula is C27H31N5O2. The van der Waals surface area contributed by atoms with Gasteiger partial charge in [-0.05, 0) is 81.1 Å². The van der Waals surface area contributed by atoms with Crippen LogP contribution in [0.5, 0.6) is 0 Å². The van der Waals surface area contributed by atoms with E-state index in [0.717, 1.165) is 43.1 Å². The van der Waals surface area contributed by atoms with Crippen molar-refractivity contribution in [2.75, 3.05) is 23.3 Å². The molecule has 1 saturated heterocycles. The Morgan fingerprint density at radius 2 is 1.74 bits per heavy atom. The van der Waals surface area contributed by atoms with Gasteiger partial charge in [0.15, 0.2) is 0 Å². The number of pyridine rings is 2. The van der Waals surface area contributed by atoms with Gasteiger partial charge in [-0.25, -0.2) is 4.98 Å². The van der Waals surface area contributed by atoms with Crippen LogP contribution in [0.4, 0.5) is 11.5 Å². The molecule has 0 spiro atoms. The minimum Gasteiger partial charge on any atom is -0.356 e. The molecule has 1 aliphatic heterocycles. The summed E-state index contributed by atoms with van der Waals surface area (Å²) in [5.41, 5.74) is 3.39. The van der Waals surface area contributed by atoms with Gasteiger partial charge in [0, 0.05) is 36.2 Å². The van der Waals surface area contributed by atoms with E-state index < -0.39 is 0 Å². The van der Waals surface area contributed by atoms with Gasteiger partial charge < -0.3 is 15.5 Å². The molecule has 0 saturated carbocycles. The summed E-state index contributed by atoms with van der Waals surface area (Å²) in [4.78, 5) is 36.9. The van der Waals surface area contributed by atoms with E-state index in [0.29, 0.717) is 22.7 Å². The Balaban J connectivity index is 1.43. The Bertz CT molecular complexity index is 1140. The van der Waals surface area contributed by atoms with Crippen molar-refractivity contribution in [2.24, 2.45) is 5.92 Å². The lowest BCUT2D eigenvalue weighted by atomic mass is 9.99. The molecule has 1 aliphatic rings. The van der Waals surface area contributed by atoms with E-state index in [9.17, 15) is 9.59 Å². The van der Waals surface area contributed by atoms with Crippen LogP contribution in [0.1, 0.15) is 64.8 Å². The van der Waals surface area contributed by atoms with Crippen molar-refractivity contribution in [1.29, 1.82) is 0 Å². The van der Waals surface area contributed by atoms with Gasteiger partial charge in [0.1, 0.15) is 5.82 Å². The van der Waals surface area contributed by atoms with E-state index in [1.165, 1.54) is 0 Å². The molecule has 3 aromatic rings. The maximum Gasteiger partial charge on any atom is 0.259 e. The molecule has 0 aliphatic carbocycles. The Morgan fingerprint density at radius 3 is 2.41 bits per heavy atom. The number of piperidine rings is 1. The van der Waals surface area contributed by atoms with Crippen LogP contribution in [0.25, 0.3) is 0 Å². The quantitative estimate of drug-likeness (QED) is 0.557. The van der Waals surface area contributed by atoms with Crippen molar-refractivity contribution in [3.8, 4) is 0 Å². The van der Waals surface area contributed by atoms with Crippen LogP contribution in [0, 0.1) is 12.8 Å². The molecular weight excluding hydrogens is 426 g/mol. The zero-order valence-electron chi connectivity index (χ0n) is 19.9. The molecule has 2 amide bonds. The molecule has 7 heteroatoms. The van der Waals surface area contributed by atoms with Crippen LogP contribution in [0.15, 0.2) is 60.8 Å². The Hall–Kier alpha value is -3.74. The van der Waals surface area contributed by atoms with Crippen molar-refractivity contribution in [3.63, 3.8) is 0 Å². The number of hydrogen-bond acceptors (Lipinski definition) is 5. The normalized spacial score (nSPS) is 15.0. The number of hydrogen-bond donors (Lipinski definition) is 2. The summed E-state index contributed by atoms with van der Waals surface area (Å²) < 4.78 is 0. The van der Waals surface area contributed by atoms with E-state index in [2.05, 4.69) is 32.4 Å². The number of carbonyl (C=O) groups excluding carboxylic acids is 2. The monoisotopic (exact) mass is 457 g/mol. The number of amides is 2. The van der Waals surface area contributed by atoms with Gasteiger partial charge in [-0.15, -0.1) is 0 Å². The van der Waals surface area contributed by atoms with E-state index in [1.54, 1.807) is 30.5 Å². The number of carbonyl (C=O) groups is 2. The second kappa shape index (κ2) is 10.5. The maximum atomic E-state index is 13.1. The minimum atomic E-state index is -0.210. The molecule has 0 radical (unpaired) electrons.